The number of rotatable bonds is 0. The molecule has 106 valence electrons. The van der Waals surface area contributed by atoms with Crippen LogP contribution in [0.2, 0.25) is 0 Å². The zero-order chi connectivity index (χ0) is 16.1. The Hall–Kier alpha value is -1.97. The summed E-state index contributed by atoms with van der Waals surface area (Å²) in [6.45, 7) is 0. The van der Waals surface area contributed by atoms with Crippen LogP contribution in [-0.2, 0) is 4.47 Å². The van der Waals surface area contributed by atoms with E-state index in [1.54, 1.807) is 36.4 Å². The molecule has 0 radical (unpaired) electrons. The van der Waals surface area contributed by atoms with Gasteiger partial charge in [-0.25, -0.2) is 0 Å². The first-order chi connectivity index (χ1) is 10.0. The molecule has 0 bridgehead atoms. The standard InChI is InChI=1S/2C7H6O2.2O.U/c2*8-6-4-2-1-3-5-7(6)9;;;/h2*1-5H,(H,8,9);;;/q;;;;+2/p+2. The van der Waals surface area contributed by atoms with Crippen molar-refractivity contribution in [3.05, 3.63) is 81.1 Å². The van der Waals surface area contributed by atoms with Crippen LogP contribution in [0.3, 0.4) is 0 Å². The molecule has 0 saturated carbocycles. The van der Waals surface area contributed by atoms with Gasteiger partial charge in [0, 0.05) is 12.1 Å². The molecule has 0 aliphatic rings. The van der Waals surface area contributed by atoms with Gasteiger partial charge in [-0.1, -0.05) is 36.4 Å². The van der Waals surface area contributed by atoms with Gasteiger partial charge in [-0.3, -0.25) is 9.59 Å². The molecular weight excluding hydrogens is 502 g/mol. The molecule has 2 rings (SSSR count). The molecule has 7 heteroatoms. The van der Waals surface area contributed by atoms with Gasteiger partial charge in [0.15, 0.2) is 0 Å². The van der Waals surface area contributed by atoms with E-state index in [1.165, 1.54) is 24.3 Å². The van der Waals surface area contributed by atoms with Crippen LogP contribution in [0, 0.1) is 27.8 Å². The topological polar surface area (TPSA) is 114 Å². The summed E-state index contributed by atoms with van der Waals surface area (Å²) in [5, 5.41) is 14.1. The van der Waals surface area contributed by atoms with Gasteiger partial charge in [-0.2, -0.15) is 0 Å². The summed E-state index contributed by atoms with van der Waals surface area (Å²) in [6.07, 6.45) is 0. The summed E-state index contributed by atoms with van der Waals surface area (Å²) in [4.78, 5) is 21.3. The van der Waals surface area contributed by atoms with E-state index in [-0.39, 0.29) is 22.4 Å². The second kappa shape index (κ2) is 11.8. The molecule has 0 heterocycles. The summed E-state index contributed by atoms with van der Waals surface area (Å²) in [6, 6.07) is 15.7. The van der Waals surface area contributed by atoms with Crippen LogP contribution in [0.1, 0.15) is 0 Å². The van der Waals surface area contributed by atoms with Crippen LogP contribution < -0.4 is 10.9 Å². The molecule has 2 aromatic rings. The van der Waals surface area contributed by atoms with E-state index >= 15 is 0 Å². The van der Waals surface area contributed by atoms with Crippen molar-refractivity contribution in [2.75, 3.05) is 0 Å². The van der Waals surface area contributed by atoms with E-state index in [0.29, 0.717) is 0 Å². The van der Waals surface area contributed by atoms with Crippen LogP contribution >= 0.6 is 0 Å². The Bertz CT molecular complexity index is 654. The molecule has 4 N–H and O–H groups in total. The molecule has 0 aliphatic carbocycles. The van der Waals surface area contributed by atoms with Crippen molar-refractivity contribution in [1.29, 1.82) is 0 Å². The van der Waals surface area contributed by atoms with Crippen LogP contribution in [0.15, 0.2) is 70.3 Å². The Morgan fingerprint density at radius 2 is 0.905 bits per heavy atom. The average molecular weight is 516 g/mol. The van der Waals surface area contributed by atoms with E-state index in [0.717, 1.165) is 0 Å². The first-order valence-electron chi connectivity index (χ1n) is 5.64. The first kappa shape index (κ1) is 19.0. The molecular formula is C14H14O6U+4. The van der Waals surface area contributed by atoms with Gasteiger partial charge in [0.2, 0.25) is 0 Å². The van der Waals surface area contributed by atoms with Crippen LogP contribution in [-0.4, -0.2) is 10.2 Å². The molecule has 6 nitrogen and oxygen atoms in total. The second-order valence-electron chi connectivity index (χ2n) is 3.46. The van der Waals surface area contributed by atoms with E-state index in [2.05, 4.69) is 0 Å². The second-order valence-corrected chi connectivity index (χ2v) is 4.15. The molecule has 2 aromatic carbocycles. The Morgan fingerprint density at radius 3 is 1.24 bits per heavy atom. The van der Waals surface area contributed by atoms with Crippen molar-refractivity contribution in [2.45, 2.75) is 0 Å². The fourth-order valence-corrected chi connectivity index (χ4v) is 1.06. The van der Waals surface area contributed by atoms with Gasteiger partial charge < -0.3 is 10.2 Å². The van der Waals surface area contributed by atoms with Gasteiger partial charge in [0.1, 0.15) is 0 Å². The number of hydrogen-bond donors (Lipinski definition) is 0. The van der Waals surface area contributed by atoms with E-state index < -0.39 is 27.8 Å². The van der Waals surface area contributed by atoms with Crippen molar-refractivity contribution < 1.29 is 42.5 Å². The van der Waals surface area contributed by atoms with Crippen LogP contribution in [0.5, 0.6) is 11.5 Å². The van der Waals surface area contributed by atoms with Gasteiger partial charge in [0.25, 0.3) is 10.9 Å². The molecule has 0 aromatic heterocycles. The SMILES string of the molecule is O=c1cccccc1[OH2+].O=c1cccccc1[OH2+].[O]=[U+2]=[O]. The predicted molar refractivity (Wildman–Crippen MR) is 72.9 cm³/mol. The fraction of sp³-hybridized carbons (Fsp3) is 0. The quantitative estimate of drug-likeness (QED) is 0.481. The molecule has 0 atom stereocenters. The third kappa shape index (κ3) is 9.55. The normalized spacial score (nSPS) is 8.00. The van der Waals surface area contributed by atoms with Gasteiger partial charge in [-0.05, 0) is 12.1 Å². The van der Waals surface area contributed by atoms with Crippen molar-refractivity contribution >= 4 is 0 Å². The Morgan fingerprint density at radius 1 is 0.619 bits per heavy atom. The Balaban J connectivity index is 0.000000322. The predicted octanol–water partition coefficient (Wildman–Crippen LogP) is 0.732. The van der Waals surface area contributed by atoms with Crippen molar-refractivity contribution in [2.24, 2.45) is 0 Å². The summed E-state index contributed by atoms with van der Waals surface area (Å²) in [5.74, 6) is 0.0833. The monoisotopic (exact) mass is 516 g/mol. The molecule has 0 saturated heterocycles. The van der Waals surface area contributed by atoms with Gasteiger partial charge >= 0.3 is 43.8 Å². The summed E-state index contributed by atoms with van der Waals surface area (Å²) in [7, 11) is 0. The Labute approximate surface area is 134 Å². The van der Waals surface area contributed by atoms with Crippen LogP contribution in [0.4, 0.5) is 0 Å². The maximum absolute atomic E-state index is 10.6. The van der Waals surface area contributed by atoms with Gasteiger partial charge in [-0.15, -0.1) is 0 Å². The van der Waals surface area contributed by atoms with Gasteiger partial charge in [0.05, 0.1) is 0 Å². The third-order valence-corrected chi connectivity index (χ3v) is 2.00. The van der Waals surface area contributed by atoms with E-state index in [4.69, 9.17) is 14.7 Å². The third-order valence-electron chi connectivity index (χ3n) is 2.00. The molecule has 0 unspecified atom stereocenters. The summed E-state index contributed by atoms with van der Waals surface area (Å²) in [5.41, 5.74) is -0.472. The van der Waals surface area contributed by atoms with Crippen molar-refractivity contribution in [3.63, 3.8) is 0 Å². The van der Waals surface area contributed by atoms with Crippen molar-refractivity contribution in [1.82, 2.24) is 0 Å². The van der Waals surface area contributed by atoms with Crippen molar-refractivity contribution in [3.8, 4) is 11.5 Å². The molecule has 0 aliphatic heterocycles. The van der Waals surface area contributed by atoms with E-state index in [9.17, 15) is 9.59 Å². The first-order valence-corrected chi connectivity index (χ1v) is 9.04. The zero-order valence-corrected chi connectivity index (χ0v) is 15.1. The molecule has 0 amide bonds. The van der Waals surface area contributed by atoms with E-state index in [1.807, 2.05) is 0 Å². The molecule has 0 spiro atoms. The minimum absolute atomic E-state index is 0.0417. The fourth-order valence-electron chi connectivity index (χ4n) is 1.06. The molecule has 0 fully saturated rings. The minimum atomic E-state index is -2.51. The summed E-state index contributed by atoms with van der Waals surface area (Å²) < 4.78 is 17.2. The Kier molecular flexibility index (Phi) is 10.7. The summed E-state index contributed by atoms with van der Waals surface area (Å²) >= 11 is -2.51. The van der Waals surface area contributed by atoms with Crippen LogP contribution in [0.25, 0.3) is 0 Å². The maximum atomic E-state index is 10.6. The molecule has 21 heavy (non-hydrogen) atoms. The average Bonchev–Trinajstić information content (AvgIpc) is 2.75. The number of hydrogen-bond acceptors (Lipinski definition) is 4. The zero-order valence-electron chi connectivity index (χ0n) is 10.9.